The van der Waals surface area contributed by atoms with Gasteiger partial charge < -0.3 is 4.90 Å². The summed E-state index contributed by atoms with van der Waals surface area (Å²) in [5.41, 5.74) is 2.46. The van der Waals surface area contributed by atoms with E-state index in [1.54, 1.807) is 6.08 Å². The van der Waals surface area contributed by atoms with Crippen LogP contribution in [0.2, 0.25) is 0 Å². The van der Waals surface area contributed by atoms with Crippen LogP contribution in [0.15, 0.2) is 60.1 Å². The van der Waals surface area contributed by atoms with E-state index in [0.29, 0.717) is 35.1 Å². The number of allylic oxidation sites excluding steroid dienone is 1. The molecule has 10 heteroatoms. The SMILES string of the molecule is C=CC.Cc1cccc(C2=CCN(c3cnn(Cc4ccc(C(F)(F)F)s4)c(=O)n3)CC2)n1. The molecule has 0 fully saturated rings. The Morgan fingerprint density at radius 1 is 1.21 bits per heavy atom. The van der Waals surface area contributed by atoms with E-state index >= 15 is 0 Å². The van der Waals surface area contributed by atoms with Crippen molar-refractivity contribution in [2.24, 2.45) is 0 Å². The average molecular weight is 476 g/mol. The number of nitrogens with zero attached hydrogens (tertiary/aromatic N) is 5. The summed E-state index contributed by atoms with van der Waals surface area (Å²) in [6, 6.07) is 8.26. The molecule has 0 N–H and O–H groups in total. The van der Waals surface area contributed by atoms with Crippen LogP contribution in [0.1, 0.15) is 34.5 Å². The highest BCUT2D eigenvalue weighted by Crippen LogP contribution is 2.34. The van der Waals surface area contributed by atoms with Gasteiger partial charge in [0.25, 0.3) is 0 Å². The molecule has 6 nitrogen and oxygen atoms in total. The lowest BCUT2D eigenvalue weighted by molar-refractivity contribution is -0.134. The zero-order chi connectivity index (χ0) is 24.0. The van der Waals surface area contributed by atoms with E-state index in [4.69, 9.17) is 0 Å². The van der Waals surface area contributed by atoms with E-state index < -0.39 is 16.7 Å². The highest BCUT2D eigenvalue weighted by Gasteiger charge is 2.32. The van der Waals surface area contributed by atoms with Gasteiger partial charge in [-0.15, -0.1) is 17.9 Å². The molecule has 0 saturated carbocycles. The van der Waals surface area contributed by atoms with Crippen LogP contribution in [0.25, 0.3) is 5.57 Å². The second-order valence-corrected chi connectivity index (χ2v) is 8.48. The Labute approximate surface area is 193 Å². The second kappa shape index (κ2) is 10.6. The van der Waals surface area contributed by atoms with Crippen LogP contribution in [-0.2, 0) is 12.7 Å². The Hall–Kier alpha value is -3.27. The first-order chi connectivity index (χ1) is 15.7. The van der Waals surface area contributed by atoms with Crippen LogP contribution in [-0.4, -0.2) is 32.8 Å². The number of alkyl halides is 3. The summed E-state index contributed by atoms with van der Waals surface area (Å²) >= 11 is 0.598. The van der Waals surface area contributed by atoms with Crippen molar-refractivity contribution in [1.29, 1.82) is 0 Å². The maximum atomic E-state index is 12.7. The summed E-state index contributed by atoms with van der Waals surface area (Å²) in [4.78, 5) is 22.6. The minimum absolute atomic E-state index is 0.0457. The van der Waals surface area contributed by atoms with Gasteiger partial charge in [0.15, 0.2) is 5.82 Å². The predicted octanol–water partition coefficient (Wildman–Crippen LogP) is 4.96. The summed E-state index contributed by atoms with van der Waals surface area (Å²) in [5, 5.41) is 4.10. The largest absolute Gasteiger partial charge is 0.425 e. The number of pyridine rings is 1. The van der Waals surface area contributed by atoms with Crippen molar-refractivity contribution in [2.75, 3.05) is 18.0 Å². The fraction of sp³-hybridized carbons (Fsp3) is 0.304. The highest BCUT2D eigenvalue weighted by atomic mass is 32.1. The smallest absolute Gasteiger partial charge is 0.351 e. The minimum atomic E-state index is -4.39. The number of aryl methyl sites for hydroxylation is 1. The normalized spacial score (nSPS) is 13.7. The Kier molecular flexibility index (Phi) is 7.80. The summed E-state index contributed by atoms with van der Waals surface area (Å²) in [6.45, 7) is 8.39. The topological polar surface area (TPSA) is 63.9 Å². The molecule has 1 aliphatic rings. The molecular formula is C23H24F3N5OS. The molecule has 174 valence electrons. The maximum absolute atomic E-state index is 12.7. The van der Waals surface area contributed by atoms with Crippen molar-refractivity contribution in [3.63, 3.8) is 0 Å². The first kappa shape index (κ1) is 24.4. The fourth-order valence-electron chi connectivity index (χ4n) is 3.21. The molecule has 4 heterocycles. The number of hydrogen-bond donors (Lipinski definition) is 0. The van der Waals surface area contributed by atoms with Crippen molar-refractivity contribution in [1.82, 2.24) is 19.7 Å². The Morgan fingerprint density at radius 3 is 2.55 bits per heavy atom. The van der Waals surface area contributed by atoms with Gasteiger partial charge in [0.05, 0.1) is 18.4 Å². The monoisotopic (exact) mass is 475 g/mol. The number of anilines is 1. The molecule has 0 spiro atoms. The zero-order valence-corrected chi connectivity index (χ0v) is 19.2. The second-order valence-electron chi connectivity index (χ2n) is 7.32. The van der Waals surface area contributed by atoms with Gasteiger partial charge in [0, 0.05) is 23.7 Å². The van der Waals surface area contributed by atoms with Gasteiger partial charge in [-0.05, 0) is 50.1 Å². The van der Waals surface area contributed by atoms with Gasteiger partial charge in [-0.3, -0.25) is 4.98 Å². The van der Waals surface area contributed by atoms with Gasteiger partial charge in [-0.1, -0.05) is 18.2 Å². The Morgan fingerprint density at radius 2 is 1.97 bits per heavy atom. The molecular weight excluding hydrogens is 451 g/mol. The lowest BCUT2D eigenvalue weighted by Crippen LogP contribution is -2.33. The van der Waals surface area contributed by atoms with Crippen molar-refractivity contribution >= 4 is 22.7 Å². The third-order valence-electron chi connectivity index (χ3n) is 4.74. The summed E-state index contributed by atoms with van der Waals surface area (Å²) in [7, 11) is 0. The third kappa shape index (κ3) is 6.38. The van der Waals surface area contributed by atoms with E-state index in [0.717, 1.165) is 34.1 Å². The van der Waals surface area contributed by atoms with Gasteiger partial charge >= 0.3 is 11.9 Å². The van der Waals surface area contributed by atoms with Crippen molar-refractivity contribution in [3.8, 4) is 0 Å². The summed E-state index contributed by atoms with van der Waals surface area (Å²) in [5.74, 6) is 0.450. The quantitative estimate of drug-likeness (QED) is 0.500. The molecule has 0 radical (unpaired) electrons. The Bertz CT molecular complexity index is 1200. The van der Waals surface area contributed by atoms with Crippen molar-refractivity contribution < 1.29 is 13.2 Å². The van der Waals surface area contributed by atoms with E-state index in [9.17, 15) is 18.0 Å². The van der Waals surface area contributed by atoms with Gasteiger partial charge in [0.2, 0.25) is 0 Å². The van der Waals surface area contributed by atoms with Crippen LogP contribution in [0.3, 0.4) is 0 Å². The van der Waals surface area contributed by atoms with E-state index in [1.807, 2.05) is 36.9 Å². The summed E-state index contributed by atoms with van der Waals surface area (Å²) < 4.78 is 39.3. The van der Waals surface area contributed by atoms with Crippen LogP contribution in [0.5, 0.6) is 0 Å². The molecule has 0 aromatic carbocycles. The van der Waals surface area contributed by atoms with Crippen LogP contribution in [0, 0.1) is 6.92 Å². The number of halogens is 3. The summed E-state index contributed by atoms with van der Waals surface area (Å²) in [6.07, 6.45) is 1.65. The molecule has 4 rings (SSSR count). The zero-order valence-electron chi connectivity index (χ0n) is 18.3. The number of rotatable bonds is 4. The van der Waals surface area contributed by atoms with Crippen LogP contribution >= 0.6 is 11.3 Å². The molecule has 0 saturated heterocycles. The number of aromatic nitrogens is 4. The molecule has 0 bridgehead atoms. The van der Waals surface area contributed by atoms with E-state index in [-0.39, 0.29) is 6.54 Å². The predicted molar refractivity (Wildman–Crippen MR) is 124 cm³/mol. The minimum Gasteiger partial charge on any atom is -0.351 e. The van der Waals surface area contributed by atoms with Crippen molar-refractivity contribution in [2.45, 2.75) is 33.0 Å². The molecule has 3 aromatic rings. The van der Waals surface area contributed by atoms with Gasteiger partial charge in [-0.25, -0.2) is 9.48 Å². The van der Waals surface area contributed by atoms with Crippen molar-refractivity contribution in [3.05, 3.63) is 86.9 Å². The van der Waals surface area contributed by atoms with E-state index in [1.165, 1.54) is 12.3 Å². The molecule has 33 heavy (non-hydrogen) atoms. The highest BCUT2D eigenvalue weighted by molar-refractivity contribution is 7.12. The first-order valence-electron chi connectivity index (χ1n) is 10.3. The molecule has 1 aliphatic heterocycles. The fourth-order valence-corrected chi connectivity index (χ4v) is 4.07. The average Bonchev–Trinajstić information content (AvgIpc) is 3.25. The first-order valence-corrected chi connectivity index (χ1v) is 11.1. The molecule has 0 atom stereocenters. The molecule has 0 unspecified atom stereocenters. The Balaban J connectivity index is 0.000000968. The number of hydrogen-bond acceptors (Lipinski definition) is 6. The van der Waals surface area contributed by atoms with Crippen LogP contribution in [0.4, 0.5) is 19.0 Å². The molecule has 0 aliphatic carbocycles. The molecule has 3 aromatic heterocycles. The third-order valence-corrected chi connectivity index (χ3v) is 5.86. The van der Waals surface area contributed by atoms with Gasteiger partial charge in [0.1, 0.15) is 4.88 Å². The van der Waals surface area contributed by atoms with Gasteiger partial charge in [-0.2, -0.15) is 23.3 Å². The standard InChI is InChI=1S/C20H18F3N5OS.C3H6/c1-13-3-2-4-16(25-13)14-7-9-27(10-8-14)18-11-24-28(19(29)26-18)12-15-5-6-17(30-15)20(21,22)23;1-3-2/h2-7,11H,8-10,12H2,1H3;3H,1H2,2H3. The lowest BCUT2D eigenvalue weighted by Gasteiger charge is -2.27. The maximum Gasteiger partial charge on any atom is 0.425 e. The lowest BCUT2D eigenvalue weighted by atomic mass is 10.0. The van der Waals surface area contributed by atoms with Crippen LogP contribution < -0.4 is 10.6 Å². The van der Waals surface area contributed by atoms with E-state index in [2.05, 4.69) is 27.7 Å². The number of thiophene rings is 1. The molecule has 0 amide bonds.